The van der Waals surface area contributed by atoms with Gasteiger partial charge in [0.05, 0.1) is 17.9 Å². The highest BCUT2D eigenvalue weighted by atomic mass is 16.5. The fraction of sp³-hybridized carbons (Fsp3) is 0.222. The van der Waals surface area contributed by atoms with E-state index in [1.165, 1.54) is 0 Å². The van der Waals surface area contributed by atoms with Gasteiger partial charge in [-0.15, -0.1) is 0 Å². The molecule has 0 atom stereocenters. The fourth-order valence-corrected chi connectivity index (χ4v) is 0.998. The molecule has 4 heteroatoms. The number of ether oxygens (including phenoxy) is 1. The van der Waals surface area contributed by atoms with Gasteiger partial charge in [0.1, 0.15) is 11.8 Å². The molecule has 0 aromatic heterocycles. The monoisotopic (exact) mass is 177 g/mol. The molecule has 0 fully saturated rings. The van der Waals surface area contributed by atoms with Crippen molar-refractivity contribution in [1.82, 2.24) is 0 Å². The van der Waals surface area contributed by atoms with Gasteiger partial charge in [-0.1, -0.05) is 0 Å². The van der Waals surface area contributed by atoms with Crippen LogP contribution in [0.25, 0.3) is 0 Å². The number of nitrogens with one attached hydrogen (secondary N) is 1. The van der Waals surface area contributed by atoms with E-state index in [-0.39, 0.29) is 0 Å². The lowest BCUT2D eigenvalue weighted by molar-refractivity contribution is 0.340. The van der Waals surface area contributed by atoms with E-state index < -0.39 is 0 Å². The molecule has 0 spiro atoms. The van der Waals surface area contributed by atoms with Crippen LogP contribution in [-0.4, -0.2) is 6.61 Å². The number of benzene rings is 1. The van der Waals surface area contributed by atoms with Gasteiger partial charge in [-0.25, -0.2) is 0 Å². The molecule has 1 aromatic carbocycles. The summed E-state index contributed by atoms with van der Waals surface area (Å²) in [6.45, 7) is 2.47. The smallest absolute Gasteiger partial charge is 0.120 e. The Morgan fingerprint density at radius 1 is 1.62 bits per heavy atom. The summed E-state index contributed by atoms with van der Waals surface area (Å²) >= 11 is 0. The Bertz CT molecular complexity index is 330. The lowest BCUT2D eigenvalue weighted by atomic mass is 10.2. The topological polar surface area (TPSA) is 71.1 Å². The van der Waals surface area contributed by atoms with E-state index in [0.29, 0.717) is 23.6 Å². The van der Waals surface area contributed by atoms with Crippen LogP contribution in [0.1, 0.15) is 12.5 Å². The van der Waals surface area contributed by atoms with Gasteiger partial charge in [-0.05, 0) is 19.1 Å². The maximum Gasteiger partial charge on any atom is 0.120 e. The first-order valence-electron chi connectivity index (χ1n) is 3.95. The molecule has 1 rings (SSSR count). The Balaban J connectivity index is 3.00. The minimum atomic E-state index is 0.480. The average molecular weight is 177 g/mol. The summed E-state index contributed by atoms with van der Waals surface area (Å²) in [5, 5.41) is 8.74. The van der Waals surface area contributed by atoms with E-state index in [0.717, 1.165) is 0 Å². The minimum Gasteiger partial charge on any atom is -0.494 e. The summed E-state index contributed by atoms with van der Waals surface area (Å²) in [4.78, 5) is 0. The van der Waals surface area contributed by atoms with Crippen molar-refractivity contribution in [2.45, 2.75) is 6.92 Å². The zero-order valence-corrected chi connectivity index (χ0v) is 7.37. The quantitative estimate of drug-likeness (QED) is 0.538. The van der Waals surface area contributed by atoms with Crippen molar-refractivity contribution in [3.63, 3.8) is 0 Å². The minimum absolute atomic E-state index is 0.480. The largest absolute Gasteiger partial charge is 0.494 e. The van der Waals surface area contributed by atoms with Gasteiger partial charge in [0.2, 0.25) is 0 Å². The van der Waals surface area contributed by atoms with Gasteiger partial charge < -0.3 is 10.2 Å². The molecule has 0 heterocycles. The van der Waals surface area contributed by atoms with Gasteiger partial charge >= 0.3 is 0 Å². The zero-order valence-electron chi connectivity index (χ0n) is 7.37. The molecule has 1 aromatic rings. The Morgan fingerprint density at radius 3 is 2.92 bits per heavy atom. The van der Waals surface area contributed by atoms with Gasteiger partial charge in [0, 0.05) is 6.07 Å². The van der Waals surface area contributed by atoms with E-state index in [4.69, 9.17) is 15.8 Å². The van der Waals surface area contributed by atoms with Crippen LogP contribution in [0.3, 0.4) is 0 Å². The molecular weight excluding hydrogens is 166 g/mol. The second kappa shape index (κ2) is 4.33. The van der Waals surface area contributed by atoms with E-state index in [1.54, 1.807) is 18.2 Å². The normalized spacial score (nSPS) is 9.00. The van der Waals surface area contributed by atoms with Crippen LogP contribution < -0.4 is 16.0 Å². The molecular formula is C9H11N3O. The molecule has 4 nitrogen and oxygen atoms in total. The highest BCUT2D eigenvalue weighted by Crippen LogP contribution is 2.20. The van der Waals surface area contributed by atoms with E-state index in [9.17, 15) is 0 Å². The number of hydrogen-bond acceptors (Lipinski definition) is 4. The van der Waals surface area contributed by atoms with E-state index in [2.05, 4.69) is 5.43 Å². The van der Waals surface area contributed by atoms with Crippen LogP contribution in [-0.2, 0) is 0 Å². The molecule has 0 saturated heterocycles. The lowest BCUT2D eigenvalue weighted by Crippen LogP contribution is -2.08. The summed E-state index contributed by atoms with van der Waals surface area (Å²) in [7, 11) is 0. The van der Waals surface area contributed by atoms with Crippen LogP contribution in [0, 0.1) is 11.3 Å². The summed E-state index contributed by atoms with van der Waals surface area (Å²) < 4.78 is 5.23. The number of hydrogen-bond donors (Lipinski definition) is 2. The number of anilines is 1. The molecule has 0 aliphatic heterocycles. The average Bonchev–Trinajstić information content (AvgIpc) is 2.18. The fourth-order valence-electron chi connectivity index (χ4n) is 0.998. The molecule has 13 heavy (non-hydrogen) atoms. The Hall–Kier alpha value is -1.73. The van der Waals surface area contributed by atoms with Crippen molar-refractivity contribution in [3.05, 3.63) is 23.8 Å². The SMILES string of the molecule is CCOc1ccc(NN)c(C#N)c1. The van der Waals surface area contributed by atoms with E-state index in [1.807, 2.05) is 13.0 Å². The van der Waals surface area contributed by atoms with Crippen LogP contribution in [0.15, 0.2) is 18.2 Å². The molecule has 0 bridgehead atoms. The van der Waals surface area contributed by atoms with Crippen LogP contribution in [0.4, 0.5) is 5.69 Å². The number of rotatable bonds is 3. The third kappa shape index (κ3) is 2.10. The Labute approximate surface area is 76.9 Å². The standard InChI is InChI=1S/C9H11N3O/c1-2-13-8-3-4-9(12-11)7(5-8)6-10/h3-5,12H,2,11H2,1H3. The summed E-state index contributed by atoms with van der Waals surface area (Å²) in [5.74, 6) is 5.89. The van der Waals surface area contributed by atoms with Gasteiger partial charge in [-0.3, -0.25) is 5.84 Å². The summed E-state index contributed by atoms with van der Waals surface area (Å²) in [6.07, 6.45) is 0. The zero-order chi connectivity index (χ0) is 9.68. The third-order valence-electron chi connectivity index (χ3n) is 1.58. The predicted molar refractivity (Wildman–Crippen MR) is 50.1 cm³/mol. The predicted octanol–water partition coefficient (Wildman–Crippen LogP) is 1.24. The Kier molecular flexibility index (Phi) is 3.12. The first-order valence-corrected chi connectivity index (χ1v) is 3.95. The molecule has 68 valence electrons. The third-order valence-corrected chi connectivity index (χ3v) is 1.58. The maximum atomic E-state index is 8.74. The summed E-state index contributed by atoms with van der Waals surface area (Å²) in [5.41, 5.74) is 3.52. The Morgan fingerprint density at radius 2 is 2.38 bits per heavy atom. The number of nitriles is 1. The van der Waals surface area contributed by atoms with Gasteiger partial charge in [0.15, 0.2) is 0 Å². The molecule has 0 aliphatic carbocycles. The molecule has 0 unspecified atom stereocenters. The van der Waals surface area contributed by atoms with Crippen molar-refractivity contribution >= 4 is 5.69 Å². The number of nitrogen functional groups attached to an aromatic ring is 1. The summed E-state index contributed by atoms with van der Waals surface area (Å²) in [6, 6.07) is 7.15. The van der Waals surface area contributed by atoms with Crippen molar-refractivity contribution in [2.75, 3.05) is 12.0 Å². The number of hydrazine groups is 1. The second-order valence-electron chi connectivity index (χ2n) is 2.40. The molecule has 0 aliphatic rings. The van der Waals surface area contributed by atoms with Crippen molar-refractivity contribution in [3.8, 4) is 11.8 Å². The lowest BCUT2D eigenvalue weighted by Gasteiger charge is -2.06. The van der Waals surface area contributed by atoms with Crippen molar-refractivity contribution in [1.29, 1.82) is 5.26 Å². The van der Waals surface area contributed by atoms with Crippen molar-refractivity contribution < 1.29 is 4.74 Å². The van der Waals surface area contributed by atoms with Crippen LogP contribution in [0.5, 0.6) is 5.75 Å². The van der Waals surface area contributed by atoms with Crippen LogP contribution in [0.2, 0.25) is 0 Å². The number of nitrogens with zero attached hydrogens (tertiary/aromatic N) is 1. The molecule has 0 saturated carbocycles. The highest BCUT2D eigenvalue weighted by molar-refractivity contribution is 5.59. The maximum absolute atomic E-state index is 8.74. The highest BCUT2D eigenvalue weighted by Gasteiger charge is 2.01. The second-order valence-corrected chi connectivity index (χ2v) is 2.40. The molecule has 3 N–H and O–H groups in total. The molecule has 0 radical (unpaired) electrons. The molecule has 0 amide bonds. The van der Waals surface area contributed by atoms with Gasteiger partial charge in [-0.2, -0.15) is 5.26 Å². The van der Waals surface area contributed by atoms with Crippen LogP contribution >= 0.6 is 0 Å². The first-order chi connectivity index (χ1) is 6.31. The first kappa shape index (κ1) is 9.36. The number of nitrogens with two attached hydrogens (primary N) is 1. The van der Waals surface area contributed by atoms with Gasteiger partial charge in [0.25, 0.3) is 0 Å². The van der Waals surface area contributed by atoms with E-state index >= 15 is 0 Å². The van der Waals surface area contributed by atoms with Crippen molar-refractivity contribution in [2.24, 2.45) is 5.84 Å².